The Morgan fingerprint density at radius 2 is 2.21 bits per heavy atom. The minimum absolute atomic E-state index is 0.0517. The third-order valence-electron chi connectivity index (χ3n) is 4.33. The highest BCUT2D eigenvalue weighted by Crippen LogP contribution is 2.25. The molecule has 130 valence electrons. The highest BCUT2D eigenvalue weighted by molar-refractivity contribution is 7.88. The zero-order valence-corrected chi connectivity index (χ0v) is 15.4. The van der Waals surface area contributed by atoms with Gasteiger partial charge in [0.25, 0.3) is 5.91 Å². The maximum absolute atomic E-state index is 12.8. The molecule has 1 aromatic carbocycles. The van der Waals surface area contributed by atoms with Crippen LogP contribution in [0.4, 0.5) is 0 Å². The average molecular weight is 367 g/mol. The van der Waals surface area contributed by atoms with Crippen LogP contribution < -0.4 is 4.72 Å². The number of rotatable bonds is 5. The van der Waals surface area contributed by atoms with Gasteiger partial charge in [-0.15, -0.1) is 11.3 Å². The predicted molar refractivity (Wildman–Crippen MR) is 95.7 cm³/mol. The molecule has 2 aromatic rings. The second kappa shape index (κ2) is 6.78. The molecule has 1 amide bonds. The molecule has 1 aliphatic heterocycles. The molecule has 1 fully saturated rings. The highest BCUT2D eigenvalue weighted by atomic mass is 32.2. The Labute approximate surface area is 145 Å². The number of nitrogens with zero attached hydrogens (tertiary/aromatic N) is 2. The molecule has 24 heavy (non-hydrogen) atoms. The van der Waals surface area contributed by atoms with E-state index in [1.54, 1.807) is 16.5 Å². The first kappa shape index (κ1) is 17.3. The fraction of sp³-hybridized carbons (Fsp3) is 0.500. The fourth-order valence-corrected chi connectivity index (χ4v) is 4.81. The van der Waals surface area contributed by atoms with Gasteiger partial charge in [-0.2, -0.15) is 0 Å². The van der Waals surface area contributed by atoms with Gasteiger partial charge in [0.1, 0.15) is 0 Å². The van der Waals surface area contributed by atoms with Crippen LogP contribution in [-0.2, 0) is 10.0 Å². The number of hydrogen-bond acceptors (Lipinski definition) is 5. The Kier molecular flexibility index (Phi) is 4.89. The van der Waals surface area contributed by atoms with E-state index in [4.69, 9.17) is 0 Å². The molecule has 1 saturated heterocycles. The largest absolute Gasteiger partial charge is 0.337 e. The molecule has 6 nitrogen and oxygen atoms in total. The minimum Gasteiger partial charge on any atom is -0.337 e. The Bertz CT molecular complexity index is 847. The summed E-state index contributed by atoms with van der Waals surface area (Å²) >= 11 is 1.51. The zero-order chi connectivity index (χ0) is 17.3. The number of hydrogen-bond donors (Lipinski definition) is 1. The fourth-order valence-electron chi connectivity index (χ4n) is 3.28. The number of benzene rings is 1. The van der Waals surface area contributed by atoms with Gasteiger partial charge in [0, 0.05) is 24.7 Å². The molecule has 3 rings (SSSR count). The van der Waals surface area contributed by atoms with E-state index in [0.29, 0.717) is 18.7 Å². The van der Waals surface area contributed by atoms with Crippen molar-refractivity contribution in [3.05, 3.63) is 29.3 Å². The molecule has 0 spiro atoms. The number of nitrogens with one attached hydrogen (secondary N) is 1. The molecule has 2 heterocycles. The summed E-state index contributed by atoms with van der Waals surface area (Å²) in [5.74, 6) is 0.102. The van der Waals surface area contributed by atoms with E-state index in [0.717, 1.165) is 29.3 Å². The van der Waals surface area contributed by atoms with Crippen molar-refractivity contribution in [2.45, 2.75) is 25.8 Å². The minimum atomic E-state index is -3.29. The van der Waals surface area contributed by atoms with Gasteiger partial charge >= 0.3 is 0 Å². The van der Waals surface area contributed by atoms with Crippen LogP contribution >= 0.6 is 11.3 Å². The van der Waals surface area contributed by atoms with E-state index in [1.165, 1.54) is 11.3 Å². The maximum Gasteiger partial charge on any atom is 0.253 e. The second-order valence-electron chi connectivity index (χ2n) is 6.29. The number of likely N-dealkylation sites (tertiary alicyclic amines) is 1. The van der Waals surface area contributed by atoms with Crippen LogP contribution in [0.25, 0.3) is 10.2 Å². The number of carbonyl (C=O) groups excluding carboxylic acids is 1. The van der Waals surface area contributed by atoms with E-state index in [2.05, 4.69) is 16.6 Å². The first-order valence-corrected chi connectivity index (χ1v) is 10.7. The van der Waals surface area contributed by atoms with Gasteiger partial charge in [0.2, 0.25) is 10.0 Å². The molecule has 0 unspecified atom stereocenters. The van der Waals surface area contributed by atoms with Gasteiger partial charge in [-0.1, -0.05) is 13.3 Å². The lowest BCUT2D eigenvalue weighted by Gasteiger charge is -2.17. The third kappa shape index (κ3) is 3.76. The van der Waals surface area contributed by atoms with Crippen molar-refractivity contribution in [1.29, 1.82) is 0 Å². The molecule has 1 aliphatic rings. The lowest BCUT2D eigenvalue weighted by Crippen LogP contribution is -2.40. The van der Waals surface area contributed by atoms with Gasteiger partial charge in [-0.3, -0.25) is 4.79 Å². The lowest BCUT2D eigenvalue weighted by molar-refractivity contribution is 0.0785. The van der Waals surface area contributed by atoms with Crippen LogP contribution in [0.3, 0.4) is 0 Å². The van der Waals surface area contributed by atoms with Crippen LogP contribution in [-0.4, -0.2) is 49.6 Å². The van der Waals surface area contributed by atoms with Crippen molar-refractivity contribution in [2.24, 2.45) is 5.92 Å². The van der Waals surface area contributed by atoms with Gasteiger partial charge in [0.05, 0.1) is 22.0 Å². The molecule has 0 radical (unpaired) electrons. The summed E-state index contributed by atoms with van der Waals surface area (Å²) in [4.78, 5) is 18.8. The maximum atomic E-state index is 12.8. The first-order chi connectivity index (χ1) is 11.4. The summed E-state index contributed by atoms with van der Waals surface area (Å²) in [7, 11) is -3.29. The molecule has 2 atom stereocenters. The molecule has 0 saturated carbocycles. The van der Waals surface area contributed by atoms with Crippen LogP contribution in [0.5, 0.6) is 0 Å². The van der Waals surface area contributed by atoms with Crippen molar-refractivity contribution in [2.75, 3.05) is 19.3 Å². The molecule has 8 heteroatoms. The van der Waals surface area contributed by atoms with Crippen molar-refractivity contribution >= 4 is 37.5 Å². The Hall–Kier alpha value is -1.51. The Balaban J connectivity index is 1.79. The van der Waals surface area contributed by atoms with Crippen LogP contribution in [0.15, 0.2) is 23.7 Å². The molecule has 1 N–H and O–H groups in total. The van der Waals surface area contributed by atoms with Gasteiger partial charge in [-0.05, 0) is 30.5 Å². The van der Waals surface area contributed by atoms with Crippen molar-refractivity contribution in [3.63, 3.8) is 0 Å². The zero-order valence-electron chi connectivity index (χ0n) is 13.7. The lowest BCUT2D eigenvalue weighted by atomic mass is 9.99. The third-order valence-corrected chi connectivity index (χ3v) is 5.85. The molecular weight excluding hydrogens is 346 g/mol. The van der Waals surface area contributed by atoms with Crippen molar-refractivity contribution < 1.29 is 13.2 Å². The summed E-state index contributed by atoms with van der Waals surface area (Å²) in [5.41, 5.74) is 3.28. The quantitative estimate of drug-likeness (QED) is 0.877. The summed E-state index contributed by atoms with van der Waals surface area (Å²) in [6.45, 7) is 3.07. The van der Waals surface area contributed by atoms with Crippen molar-refractivity contribution in [3.8, 4) is 0 Å². The predicted octanol–water partition coefficient (Wildman–Crippen LogP) is 2.09. The molecule has 0 aliphatic carbocycles. The number of aromatic nitrogens is 1. The van der Waals surface area contributed by atoms with E-state index in [1.807, 2.05) is 12.1 Å². The number of thiazole rings is 1. The molecular formula is C16H21N3O3S2. The number of sulfonamides is 1. The molecule has 0 bridgehead atoms. The smallest absolute Gasteiger partial charge is 0.253 e. The second-order valence-corrected chi connectivity index (χ2v) is 8.96. The highest BCUT2D eigenvalue weighted by Gasteiger charge is 2.36. The Morgan fingerprint density at radius 3 is 2.92 bits per heavy atom. The molecule has 1 aromatic heterocycles. The number of carbonyl (C=O) groups is 1. The van der Waals surface area contributed by atoms with Crippen LogP contribution in [0.1, 0.15) is 30.1 Å². The van der Waals surface area contributed by atoms with Crippen molar-refractivity contribution in [1.82, 2.24) is 14.6 Å². The summed E-state index contributed by atoms with van der Waals surface area (Å²) in [6, 6.07) is 5.29. The summed E-state index contributed by atoms with van der Waals surface area (Å²) in [6.07, 6.45) is 3.02. The van der Waals surface area contributed by atoms with Gasteiger partial charge < -0.3 is 4.90 Å². The van der Waals surface area contributed by atoms with Crippen LogP contribution in [0, 0.1) is 5.92 Å². The summed E-state index contributed by atoms with van der Waals surface area (Å²) in [5, 5.41) is 0. The Morgan fingerprint density at radius 1 is 1.42 bits per heavy atom. The monoisotopic (exact) mass is 367 g/mol. The van der Waals surface area contributed by atoms with E-state index in [9.17, 15) is 13.2 Å². The normalized spacial score (nSPS) is 21.5. The average Bonchev–Trinajstić information content (AvgIpc) is 3.12. The SMILES string of the molecule is CCC[C@@H]1CN(C(=O)c2ccc3ncsc3c2)C[C@H]1NS(C)(=O)=O. The number of fused-ring (bicyclic) bond motifs is 1. The van der Waals surface area contributed by atoms with Gasteiger partial charge in [-0.25, -0.2) is 18.1 Å². The topological polar surface area (TPSA) is 79.4 Å². The summed E-state index contributed by atoms with van der Waals surface area (Å²) < 4.78 is 26.8. The van der Waals surface area contributed by atoms with E-state index >= 15 is 0 Å². The van der Waals surface area contributed by atoms with E-state index in [-0.39, 0.29) is 17.9 Å². The van der Waals surface area contributed by atoms with Crippen LogP contribution in [0.2, 0.25) is 0 Å². The standard InChI is InChI=1S/C16H21N3O3S2/c1-3-4-12-8-19(9-14(12)18-24(2,21)22)16(20)11-5-6-13-15(7-11)23-10-17-13/h5-7,10,12,14,18H,3-4,8-9H2,1-2H3/t12-,14-/m1/s1. The van der Waals surface area contributed by atoms with Gasteiger partial charge in [0.15, 0.2) is 0 Å². The number of amides is 1. The first-order valence-electron chi connectivity index (χ1n) is 7.97. The van der Waals surface area contributed by atoms with E-state index < -0.39 is 10.0 Å².